The molecule has 38 heavy (non-hydrogen) atoms. The summed E-state index contributed by atoms with van der Waals surface area (Å²) in [6, 6.07) is 27.7. The molecule has 3 aromatic carbocycles. The van der Waals surface area contributed by atoms with E-state index < -0.39 is 15.3 Å². The van der Waals surface area contributed by atoms with Crippen molar-refractivity contribution in [2.45, 2.75) is 44.0 Å². The number of nitrogens with zero attached hydrogens (tertiary/aromatic N) is 2. The zero-order valence-corrected chi connectivity index (χ0v) is 23.6. The third-order valence-corrected chi connectivity index (χ3v) is 10.7. The predicted molar refractivity (Wildman–Crippen MR) is 154 cm³/mol. The van der Waals surface area contributed by atoms with E-state index in [0.29, 0.717) is 12.2 Å². The number of hydrogen-bond acceptors (Lipinski definition) is 5. The molecule has 5 rings (SSSR count). The predicted octanol–water partition coefficient (Wildman–Crippen LogP) is 4.87. The zero-order chi connectivity index (χ0) is 26.9. The molecule has 0 radical (unpaired) electrons. The van der Waals surface area contributed by atoms with Gasteiger partial charge in [0.1, 0.15) is 5.75 Å². The number of hydrogen-bond donors (Lipinski definition) is 1. The number of fused-ring (bicyclic) bond motifs is 2. The van der Waals surface area contributed by atoms with E-state index in [4.69, 9.17) is 4.74 Å². The van der Waals surface area contributed by atoms with Crippen LogP contribution in [0.4, 0.5) is 5.69 Å². The van der Waals surface area contributed by atoms with E-state index in [1.807, 2.05) is 18.2 Å². The van der Waals surface area contributed by atoms with E-state index in [0.717, 1.165) is 37.4 Å². The number of benzene rings is 3. The fourth-order valence-electron chi connectivity index (χ4n) is 6.47. The van der Waals surface area contributed by atoms with Crippen molar-refractivity contribution in [2.75, 3.05) is 38.1 Å². The van der Waals surface area contributed by atoms with Gasteiger partial charge in [-0.2, -0.15) is 0 Å². The lowest BCUT2D eigenvalue weighted by Crippen LogP contribution is -2.49. The maximum atomic E-state index is 12.8. The Bertz CT molecular complexity index is 1310. The Balaban J connectivity index is 1.46. The normalized spacial score (nSPS) is 22.8. The van der Waals surface area contributed by atoms with E-state index >= 15 is 0 Å². The van der Waals surface area contributed by atoms with E-state index in [1.165, 1.54) is 15.4 Å². The summed E-state index contributed by atoms with van der Waals surface area (Å²) < 4.78 is 32.7. The lowest BCUT2D eigenvalue weighted by atomic mass is 9.64. The Morgan fingerprint density at radius 3 is 2.21 bits per heavy atom. The first-order valence-corrected chi connectivity index (χ1v) is 15.0. The summed E-state index contributed by atoms with van der Waals surface area (Å²) in [7, 11) is -0.133. The van der Waals surface area contributed by atoms with Crippen molar-refractivity contribution < 1.29 is 13.2 Å². The quantitative estimate of drug-likeness (QED) is 0.403. The molecule has 2 heterocycles. The fraction of sp³-hybridized carbons (Fsp3) is 0.419. The van der Waals surface area contributed by atoms with Crippen molar-refractivity contribution in [1.29, 1.82) is 0 Å². The molecule has 0 aliphatic carbocycles. The van der Waals surface area contributed by atoms with Gasteiger partial charge >= 0.3 is 0 Å². The molecule has 0 spiro atoms. The molecule has 6 nitrogen and oxygen atoms in total. The molecule has 2 bridgehead atoms. The Morgan fingerprint density at radius 2 is 1.66 bits per heavy atom. The van der Waals surface area contributed by atoms with Crippen LogP contribution >= 0.6 is 0 Å². The van der Waals surface area contributed by atoms with Gasteiger partial charge in [0.25, 0.3) is 0 Å². The highest BCUT2D eigenvalue weighted by Gasteiger charge is 2.55. The second-order valence-electron chi connectivity index (χ2n) is 11.0. The Labute approximate surface area is 227 Å². The van der Waals surface area contributed by atoms with Gasteiger partial charge in [-0.25, -0.2) is 8.42 Å². The first kappa shape index (κ1) is 26.7. The minimum Gasteiger partial charge on any atom is -0.496 e. The molecule has 0 aromatic heterocycles. The number of anilines is 1. The highest BCUT2D eigenvalue weighted by molar-refractivity contribution is 7.93. The Morgan fingerprint density at radius 1 is 1.03 bits per heavy atom. The molecule has 3 atom stereocenters. The minimum atomic E-state index is -3.42. The van der Waals surface area contributed by atoms with Crippen molar-refractivity contribution in [3.63, 3.8) is 0 Å². The highest BCUT2D eigenvalue weighted by atomic mass is 32.2. The molecule has 0 saturated carbocycles. The molecule has 7 heteroatoms. The third-order valence-electron chi connectivity index (χ3n) is 8.53. The molecule has 3 aromatic rings. The van der Waals surface area contributed by atoms with Gasteiger partial charge in [-0.15, -0.1) is 0 Å². The summed E-state index contributed by atoms with van der Waals surface area (Å²) in [5.41, 5.74) is 4.38. The van der Waals surface area contributed by atoms with Crippen LogP contribution in [0, 0.1) is 5.41 Å². The lowest BCUT2D eigenvalue weighted by Gasteiger charge is -2.42. The first-order chi connectivity index (χ1) is 18.3. The molecule has 202 valence electrons. The topological polar surface area (TPSA) is 61.9 Å². The second kappa shape index (κ2) is 10.7. The molecule has 2 saturated heterocycles. The Kier molecular flexibility index (Phi) is 7.54. The van der Waals surface area contributed by atoms with Crippen LogP contribution in [0.25, 0.3) is 0 Å². The van der Waals surface area contributed by atoms with Crippen molar-refractivity contribution in [2.24, 2.45) is 5.41 Å². The highest BCUT2D eigenvalue weighted by Crippen LogP contribution is 2.53. The van der Waals surface area contributed by atoms with Crippen LogP contribution in [0.3, 0.4) is 0 Å². The molecule has 0 amide bonds. The zero-order valence-electron chi connectivity index (χ0n) is 22.8. The molecule has 3 unspecified atom stereocenters. The third kappa shape index (κ3) is 4.83. The van der Waals surface area contributed by atoms with Crippen LogP contribution in [0.1, 0.15) is 42.9 Å². The van der Waals surface area contributed by atoms with Crippen molar-refractivity contribution in [1.82, 2.24) is 10.2 Å². The summed E-state index contributed by atoms with van der Waals surface area (Å²) in [4.78, 5) is 2.58. The van der Waals surface area contributed by atoms with Crippen molar-refractivity contribution in [3.8, 4) is 5.75 Å². The number of methoxy groups -OCH3 is 1. The van der Waals surface area contributed by atoms with E-state index in [1.54, 1.807) is 28.0 Å². The maximum absolute atomic E-state index is 12.8. The summed E-state index contributed by atoms with van der Waals surface area (Å²) in [6.45, 7) is 7.19. The smallest absolute Gasteiger partial charge is 0.237 e. The first-order valence-electron chi connectivity index (χ1n) is 13.5. The molecule has 2 aliphatic rings. The van der Waals surface area contributed by atoms with Gasteiger partial charge in [-0.3, -0.25) is 4.31 Å². The van der Waals surface area contributed by atoms with Gasteiger partial charge in [0, 0.05) is 49.6 Å². The van der Waals surface area contributed by atoms with Gasteiger partial charge in [0.2, 0.25) is 10.0 Å². The van der Waals surface area contributed by atoms with E-state index in [9.17, 15) is 8.42 Å². The molecular formula is C31H39N3O3S. The minimum absolute atomic E-state index is 0.0608. The van der Waals surface area contributed by atoms with Crippen molar-refractivity contribution in [3.05, 3.63) is 95.6 Å². The van der Waals surface area contributed by atoms with E-state index in [2.05, 4.69) is 70.9 Å². The van der Waals surface area contributed by atoms with Crippen LogP contribution in [-0.4, -0.2) is 58.4 Å². The average molecular weight is 534 g/mol. The maximum Gasteiger partial charge on any atom is 0.237 e. The average Bonchev–Trinajstić information content (AvgIpc) is 3.51. The SMILES string of the molecule is COc1ccc(N(C)S(=O)(=O)C(C)C)cc1CNC1CN2CCC1(C(c1ccccc1)c1ccccc1)C2. The van der Waals surface area contributed by atoms with Gasteiger partial charge in [0.15, 0.2) is 0 Å². The van der Waals surface area contributed by atoms with Gasteiger partial charge in [-0.1, -0.05) is 60.7 Å². The molecule has 2 fully saturated rings. The lowest BCUT2D eigenvalue weighted by molar-refractivity contribution is 0.204. The summed E-state index contributed by atoms with van der Waals surface area (Å²) >= 11 is 0. The van der Waals surface area contributed by atoms with Gasteiger partial charge in [-0.05, 0) is 56.1 Å². The molecular weight excluding hydrogens is 494 g/mol. The number of piperidine rings is 1. The number of rotatable bonds is 10. The molecule has 2 aliphatic heterocycles. The van der Waals surface area contributed by atoms with Crippen LogP contribution in [0.2, 0.25) is 0 Å². The summed E-state index contributed by atoms with van der Waals surface area (Å²) in [5.74, 6) is 1.04. The summed E-state index contributed by atoms with van der Waals surface area (Å²) in [5, 5.41) is 3.41. The standard InChI is InChI=1S/C31H39N3O3S/c1-23(2)38(35,36)33(3)27-15-16-28(37-4)26(19-27)20-32-29-21-34-18-17-31(29,22-34)30(24-11-7-5-8-12-24)25-13-9-6-10-14-25/h5-16,19,23,29-30,32H,17-18,20-22H2,1-4H3. The number of nitrogens with one attached hydrogen (secondary N) is 1. The second-order valence-corrected chi connectivity index (χ2v) is 13.5. The number of sulfonamides is 1. The molecule has 1 N–H and O–H groups in total. The van der Waals surface area contributed by atoms with Crippen LogP contribution in [-0.2, 0) is 16.6 Å². The van der Waals surface area contributed by atoms with Crippen LogP contribution in [0.15, 0.2) is 78.9 Å². The van der Waals surface area contributed by atoms with E-state index in [-0.39, 0.29) is 17.4 Å². The largest absolute Gasteiger partial charge is 0.496 e. The van der Waals surface area contributed by atoms with Gasteiger partial charge in [0.05, 0.1) is 18.0 Å². The number of ether oxygens (including phenoxy) is 1. The van der Waals surface area contributed by atoms with Crippen LogP contribution in [0.5, 0.6) is 5.75 Å². The van der Waals surface area contributed by atoms with Gasteiger partial charge < -0.3 is 15.0 Å². The Hall–Kier alpha value is -2.87. The summed E-state index contributed by atoms with van der Waals surface area (Å²) in [6.07, 6.45) is 1.13. The fourth-order valence-corrected chi connectivity index (χ4v) is 7.51. The monoisotopic (exact) mass is 533 g/mol. The van der Waals surface area contributed by atoms with Crippen molar-refractivity contribution >= 4 is 15.7 Å². The van der Waals surface area contributed by atoms with Crippen LogP contribution < -0.4 is 14.4 Å².